The van der Waals surface area contributed by atoms with E-state index in [1.54, 1.807) is 10.7 Å². The van der Waals surface area contributed by atoms with Crippen LogP contribution in [0.1, 0.15) is 35.6 Å². The van der Waals surface area contributed by atoms with Crippen molar-refractivity contribution < 1.29 is 9.90 Å². The number of rotatable bonds is 2. The second-order valence-corrected chi connectivity index (χ2v) is 5.32. The van der Waals surface area contributed by atoms with Crippen molar-refractivity contribution in [2.45, 2.75) is 27.7 Å². The second kappa shape index (κ2) is 6.05. The molecule has 0 bridgehead atoms. The number of benzene rings is 1. The van der Waals surface area contributed by atoms with Gasteiger partial charge in [-0.25, -0.2) is 14.5 Å². The second-order valence-electron chi connectivity index (χ2n) is 4.31. The van der Waals surface area contributed by atoms with Crippen molar-refractivity contribution in [1.82, 2.24) is 14.8 Å². The third kappa shape index (κ3) is 2.80. The van der Waals surface area contributed by atoms with E-state index in [0.717, 1.165) is 21.5 Å². The number of hydrogen-bond donors (Lipinski definition) is 1. The molecule has 0 amide bonds. The van der Waals surface area contributed by atoms with Gasteiger partial charge in [0, 0.05) is 5.69 Å². The van der Waals surface area contributed by atoms with Gasteiger partial charge >= 0.3 is 5.97 Å². The molecule has 2 aromatic heterocycles. The molecule has 5 nitrogen and oxygen atoms in total. The quantitative estimate of drug-likeness (QED) is 0.781. The maximum Gasteiger partial charge on any atom is 0.356 e. The smallest absolute Gasteiger partial charge is 0.356 e. The summed E-state index contributed by atoms with van der Waals surface area (Å²) in [7, 11) is 0. The van der Waals surface area contributed by atoms with Crippen LogP contribution in [0, 0.1) is 13.8 Å². The molecule has 1 N–H and O–H groups in total. The summed E-state index contributed by atoms with van der Waals surface area (Å²) in [5.41, 5.74) is 2.83. The van der Waals surface area contributed by atoms with Gasteiger partial charge in [-0.05, 0) is 31.5 Å². The molecule has 0 saturated heterocycles. The number of carboxylic acid groups (broad SMARTS) is 1. The minimum atomic E-state index is -1.03. The molecular weight excluding hydrogens is 286 g/mol. The lowest BCUT2D eigenvalue weighted by molar-refractivity contribution is 0.0690. The fraction of sp³-hybridized carbons (Fsp3) is 0.267. The topological polar surface area (TPSA) is 68.0 Å². The molecule has 0 atom stereocenters. The Hall–Kier alpha value is -2.21. The normalized spacial score (nSPS) is 10.3. The zero-order chi connectivity index (χ0) is 15.6. The predicted molar refractivity (Wildman–Crippen MR) is 84.5 cm³/mol. The van der Waals surface area contributed by atoms with Gasteiger partial charge < -0.3 is 5.11 Å². The zero-order valence-electron chi connectivity index (χ0n) is 12.4. The van der Waals surface area contributed by atoms with Crippen molar-refractivity contribution >= 4 is 27.5 Å². The summed E-state index contributed by atoms with van der Waals surface area (Å²) in [6.45, 7) is 7.82. The molecule has 0 aliphatic carbocycles. The van der Waals surface area contributed by atoms with Crippen LogP contribution in [0.5, 0.6) is 0 Å². The van der Waals surface area contributed by atoms with Gasteiger partial charge in [-0.3, -0.25) is 0 Å². The first-order valence-corrected chi connectivity index (χ1v) is 7.54. The van der Waals surface area contributed by atoms with E-state index in [9.17, 15) is 4.79 Å². The lowest BCUT2D eigenvalue weighted by atomic mass is 10.2. The maximum atomic E-state index is 10.9. The first kappa shape index (κ1) is 15.2. The van der Waals surface area contributed by atoms with Gasteiger partial charge in [-0.2, -0.15) is 5.10 Å². The fourth-order valence-corrected chi connectivity index (χ4v) is 2.99. The fourth-order valence-electron chi connectivity index (χ4n) is 1.94. The molecular formula is C15H17N3O2S. The minimum Gasteiger partial charge on any atom is -0.476 e. The highest BCUT2D eigenvalue weighted by Gasteiger charge is 2.15. The van der Waals surface area contributed by atoms with E-state index in [2.05, 4.69) is 10.1 Å². The Morgan fingerprint density at radius 3 is 2.57 bits per heavy atom. The monoisotopic (exact) mass is 303 g/mol. The molecule has 6 heteroatoms. The molecule has 0 radical (unpaired) electrons. The molecule has 21 heavy (non-hydrogen) atoms. The van der Waals surface area contributed by atoms with E-state index in [1.807, 2.05) is 45.9 Å². The molecule has 0 spiro atoms. The standard InChI is InChI=1S/C13H11N3O2S.C2H6/c1-7-4-3-5-10-11(7)14-13(19-10)16-8(2)6-9(15-16)12(17)18;1-2/h3-6H,1-2H3,(H,17,18);1-2H3. The Morgan fingerprint density at radius 1 is 1.29 bits per heavy atom. The van der Waals surface area contributed by atoms with Crippen LogP contribution in [-0.2, 0) is 0 Å². The first-order chi connectivity index (χ1) is 10.1. The third-order valence-electron chi connectivity index (χ3n) is 2.90. The highest BCUT2D eigenvalue weighted by Crippen LogP contribution is 2.27. The lowest BCUT2D eigenvalue weighted by Crippen LogP contribution is -2.01. The molecule has 2 heterocycles. The van der Waals surface area contributed by atoms with Crippen LogP contribution in [0.25, 0.3) is 15.3 Å². The maximum absolute atomic E-state index is 10.9. The van der Waals surface area contributed by atoms with E-state index in [4.69, 9.17) is 5.11 Å². The summed E-state index contributed by atoms with van der Waals surface area (Å²) in [6.07, 6.45) is 0. The number of thiazole rings is 1. The van der Waals surface area contributed by atoms with Crippen LogP contribution >= 0.6 is 11.3 Å². The van der Waals surface area contributed by atoms with Gasteiger partial charge in [0.1, 0.15) is 0 Å². The molecule has 0 fully saturated rings. The Kier molecular flexibility index (Phi) is 4.37. The Morgan fingerprint density at radius 2 is 2.00 bits per heavy atom. The summed E-state index contributed by atoms with van der Waals surface area (Å²) in [4.78, 5) is 15.5. The molecule has 1 aromatic carbocycles. The van der Waals surface area contributed by atoms with Gasteiger partial charge in [0.2, 0.25) is 5.13 Å². The van der Waals surface area contributed by atoms with Crippen molar-refractivity contribution in [3.8, 4) is 5.13 Å². The van der Waals surface area contributed by atoms with Crippen LogP contribution in [0.15, 0.2) is 24.3 Å². The number of carboxylic acids is 1. The summed E-state index contributed by atoms with van der Waals surface area (Å²) in [6, 6.07) is 7.53. The molecule has 3 rings (SSSR count). The summed E-state index contributed by atoms with van der Waals surface area (Å²) < 4.78 is 2.65. The largest absolute Gasteiger partial charge is 0.476 e. The summed E-state index contributed by atoms with van der Waals surface area (Å²) in [5.74, 6) is -1.03. The van der Waals surface area contributed by atoms with Gasteiger partial charge in [0.25, 0.3) is 0 Å². The van der Waals surface area contributed by atoms with Gasteiger partial charge in [0.05, 0.1) is 10.2 Å². The Balaban J connectivity index is 0.000000774. The Bertz CT molecular complexity index is 789. The number of aryl methyl sites for hydroxylation is 2. The summed E-state index contributed by atoms with van der Waals surface area (Å²) in [5, 5.41) is 13.7. The van der Waals surface area contributed by atoms with Gasteiger partial charge in [-0.15, -0.1) is 0 Å². The highest BCUT2D eigenvalue weighted by atomic mass is 32.1. The lowest BCUT2D eigenvalue weighted by Gasteiger charge is -1.96. The van der Waals surface area contributed by atoms with E-state index < -0.39 is 5.97 Å². The van der Waals surface area contributed by atoms with E-state index >= 15 is 0 Å². The van der Waals surface area contributed by atoms with Crippen molar-refractivity contribution in [2.24, 2.45) is 0 Å². The Labute approximate surface area is 126 Å². The first-order valence-electron chi connectivity index (χ1n) is 6.73. The van der Waals surface area contributed by atoms with Crippen molar-refractivity contribution in [3.63, 3.8) is 0 Å². The number of aromatic carboxylic acids is 1. The predicted octanol–water partition coefficient (Wildman–Crippen LogP) is 3.82. The number of carbonyl (C=O) groups is 1. The van der Waals surface area contributed by atoms with E-state index in [0.29, 0.717) is 5.13 Å². The van der Waals surface area contributed by atoms with Crippen LogP contribution in [0.3, 0.4) is 0 Å². The number of para-hydroxylation sites is 1. The zero-order valence-corrected chi connectivity index (χ0v) is 13.2. The summed E-state index contributed by atoms with van der Waals surface area (Å²) >= 11 is 1.50. The van der Waals surface area contributed by atoms with Crippen molar-refractivity contribution in [2.75, 3.05) is 0 Å². The average Bonchev–Trinajstić information content (AvgIpc) is 3.05. The molecule has 0 aliphatic rings. The average molecular weight is 303 g/mol. The third-order valence-corrected chi connectivity index (χ3v) is 3.89. The number of fused-ring (bicyclic) bond motifs is 1. The molecule has 110 valence electrons. The number of aromatic nitrogens is 3. The van der Waals surface area contributed by atoms with Gasteiger partial charge in [0.15, 0.2) is 5.69 Å². The molecule has 0 saturated carbocycles. The molecule has 0 aliphatic heterocycles. The van der Waals surface area contributed by atoms with Crippen LogP contribution in [-0.4, -0.2) is 25.8 Å². The van der Waals surface area contributed by atoms with Gasteiger partial charge in [-0.1, -0.05) is 37.3 Å². The number of hydrogen-bond acceptors (Lipinski definition) is 4. The van der Waals surface area contributed by atoms with E-state index in [1.165, 1.54) is 11.3 Å². The van der Waals surface area contributed by atoms with Crippen molar-refractivity contribution in [3.05, 3.63) is 41.2 Å². The van der Waals surface area contributed by atoms with Crippen molar-refractivity contribution in [1.29, 1.82) is 0 Å². The minimum absolute atomic E-state index is 0.0356. The van der Waals surface area contributed by atoms with E-state index in [-0.39, 0.29) is 5.69 Å². The van der Waals surface area contributed by atoms with Crippen LogP contribution in [0.4, 0.5) is 0 Å². The van der Waals surface area contributed by atoms with Crippen LogP contribution < -0.4 is 0 Å². The molecule has 3 aromatic rings. The van der Waals surface area contributed by atoms with Crippen LogP contribution in [0.2, 0.25) is 0 Å². The molecule has 0 unspecified atom stereocenters. The number of nitrogens with zero attached hydrogens (tertiary/aromatic N) is 3. The SMILES string of the molecule is CC.Cc1cccc2sc(-n3nc(C(=O)O)cc3C)nc12. The highest BCUT2D eigenvalue weighted by molar-refractivity contribution is 7.20.